The van der Waals surface area contributed by atoms with E-state index in [1.54, 1.807) is 13.0 Å². The van der Waals surface area contributed by atoms with E-state index in [0.29, 0.717) is 16.5 Å². The lowest BCUT2D eigenvalue weighted by atomic mass is 9.98. The van der Waals surface area contributed by atoms with Crippen molar-refractivity contribution >= 4 is 16.8 Å². The van der Waals surface area contributed by atoms with Gasteiger partial charge in [0, 0.05) is 18.1 Å². The molecule has 0 aliphatic heterocycles. The van der Waals surface area contributed by atoms with E-state index in [1.807, 2.05) is 0 Å². The highest BCUT2D eigenvalue weighted by molar-refractivity contribution is 6.12. The van der Waals surface area contributed by atoms with E-state index in [1.165, 1.54) is 32.2 Å². The molecule has 0 saturated heterocycles. The molecule has 0 bridgehead atoms. The molecule has 2 heterocycles. The van der Waals surface area contributed by atoms with E-state index in [4.69, 9.17) is 9.15 Å². The van der Waals surface area contributed by atoms with E-state index in [-0.39, 0.29) is 35.6 Å². The predicted octanol–water partition coefficient (Wildman–Crippen LogP) is 2.81. The maximum atomic E-state index is 13.5. The fourth-order valence-corrected chi connectivity index (χ4v) is 3.14. The van der Waals surface area contributed by atoms with E-state index in [2.05, 4.69) is 0 Å². The zero-order chi connectivity index (χ0) is 20.6. The number of aryl methyl sites for hydroxylation is 1. The van der Waals surface area contributed by atoms with Crippen molar-refractivity contribution in [3.8, 4) is 11.9 Å². The molecule has 0 atom stereocenters. The molecule has 8 heteroatoms. The number of nitriles is 1. The number of furan rings is 1. The van der Waals surface area contributed by atoms with Gasteiger partial charge in [-0.2, -0.15) is 5.26 Å². The zero-order valence-corrected chi connectivity index (χ0v) is 15.5. The van der Waals surface area contributed by atoms with Crippen LogP contribution in [0.5, 0.6) is 5.88 Å². The first kappa shape index (κ1) is 19.3. The number of pyridine rings is 1. The molecule has 0 aliphatic carbocycles. The lowest BCUT2D eigenvalue weighted by Gasteiger charge is -2.14. The first-order valence-electron chi connectivity index (χ1n) is 8.40. The first-order valence-corrected chi connectivity index (χ1v) is 8.40. The van der Waals surface area contributed by atoms with Crippen LogP contribution < -0.4 is 5.56 Å². The van der Waals surface area contributed by atoms with Crippen molar-refractivity contribution in [3.63, 3.8) is 0 Å². The second kappa shape index (κ2) is 7.29. The number of nitrogens with zero attached hydrogens (tertiary/aromatic N) is 2. The molecule has 0 amide bonds. The molecule has 0 spiro atoms. The van der Waals surface area contributed by atoms with Crippen LogP contribution in [-0.4, -0.2) is 29.2 Å². The van der Waals surface area contributed by atoms with Crippen LogP contribution in [0.15, 0.2) is 27.4 Å². The summed E-state index contributed by atoms with van der Waals surface area (Å²) in [6, 6.07) is 5.65. The molecule has 0 radical (unpaired) electrons. The van der Waals surface area contributed by atoms with Gasteiger partial charge in [-0.1, -0.05) is 0 Å². The molecule has 1 N–H and O–H groups in total. The summed E-state index contributed by atoms with van der Waals surface area (Å²) in [5.41, 5.74) is -0.421. The van der Waals surface area contributed by atoms with Crippen LogP contribution in [0.2, 0.25) is 0 Å². The molecule has 0 unspecified atom stereocenters. The van der Waals surface area contributed by atoms with Gasteiger partial charge in [-0.05, 0) is 37.6 Å². The van der Waals surface area contributed by atoms with Gasteiger partial charge in [-0.3, -0.25) is 14.2 Å². The molecule has 0 aliphatic rings. The molecule has 7 nitrogen and oxygen atoms in total. The zero-order valence-electron chi connectivity index (χ0n) is 15.5. The third kappa shape index (κ3) is 2.96. The highest BCUT2D eigenvalue weighted by Crippen LogP contribution is 2.31. The number of aromatic nitrogens is 1. The number of carbonyl (C=O) groups is 1. The molecule has 3 rings (SSSR count). The Morgan fingerprint density at radius 3 is 2.71 bits per heavy atom. The number of methoxy groups -OCH3 is 1. The van der Waals surface area contributed by atoms with Crippen LogP contribution in [0.1, 0.15) is 32.8 Å². The van der Waals surface area contributed by atoms with Crippen LogP contribution in [0.25, 0.3) is 11.0 Å². The number of rotatable bonds is 5. The van der Waals surface area contributed by atoms with Crippen LogP contribution in [0.4, 0.5) is 4.39 Å². The van der Waals surface area contributed by atoms with Gasteiger partial charge < -0.3 is 14.3 Å². The summed E-state index contributed by atoms with van der Waals surface area (Å²) >= 11 is 0. The number of aromatic hydroxyl groups is 1. The van der Waals surface area contributed by atoms with Crippen molar-refractivity contribution in [3.05, 3.63) is 62.4 Å². The third-order valence-corrected chi connectivity index (χ3v) is 4.65. The van der Waals surface area contributed by atoms with Crippen molar-refractivity contribution in [2.75, 3.05) is 13.7 Å². The monoisotopic (exact) mass is 384 g/mol. The minimum absolute atomic E-state index is 0.0409. The molecule has 2 aromatic heterocycles. The van der Waals surface area contributed by atoms with Crippen molar-refractivity contribution in [2.45, 2.75) is 20.4 Å². The van der Waals surface area contributed by atoms with Crippen LogP contribution in [-0.2, 0) is 11.3 Å². The summed E-state index contributed by atoms with van der Waals surface area (Å²) in [7, 11) is 1.42. The Hall–Kier alpha value is -3.44. The summed E-state index contributed by atoms with van der Waals surface area (Å²) in [4.78, 5) is 25.6. The number of carbonyl (C=O) groups excluding carboxylic acids is 1. The first-order chi connectivity index (χ1) is 13.3. The fraction of sp³-hybridized carbons (Fsp3) is 0.250. The van der Waals surface area contributed by atoms with Gasteiger partial charge in [0.2, 0.25) is 11.7 Å². The Morgan fingerprint density at radius 1 is 1.36 bits per heavy atom. The van der Waals surface area contributed by atoms with Gasteiger partial charge in [0.05, 0.1) is 18.7 Å². The minimum atomic E-state index is -0.713. The minimum Gasteiger partial charge on any atom is -0.494 e. The van der Waals surface area contributed by atoms with Gasteiger partial charge >= 0.3 is 0 Å². The van der Waals surface area contributed by atoms with Gasteiger partial charge in [0.15, 0.2) is 5.76 Å². The van der Waals surface area contributed by atoms with Gasteiger partial charge in [-0.15, -0.1) is 0 Å². The van der Waals surface area contributed by atoms with Gasteiger partial charge in [-0.25, -0.2) is 4.39 Å². The number of benzene rings is 1. The summed E-state index contributed by atoms with van der Waals surface area (Å²) < 4.78 is 25.0. The summed E-state index contributed by atoms with van der Waals surface area (Å²) in [5.74, 6) is -1.85. The number of ketones is 1. The SMILES string of the molecule is COCCn1c(O)c(C(=O)c2oc3ccc(F)cc3c2C)c(C)c(C#N)c1=O. The number of ether oxygens (including phenoxy) is 1. The molecule has 3 aromatic rings. The van der Waals surface area contributed by atoms with Gasteiger partial charge in [0.25, 0.3) is 5.56 Å². The standard InChI is InChI=1S/C20H17FN2O5/c1-10-14(9-22)19(25)23(6-7-27-3)20(26)16(10)17(24)18-11(2)13-8-12(21)4-5-15(13)28-18/h4-5,8,26H,6-7H2,1-3H3. The molecule has 144 valence electrons. The van der Waals surface area contributed by atoms with E-state index < -0.39 is 23.0 Å². The Bertz CT molecular complexity index is 1200. The Labute approximate surface area is 159 Å². The van der Waals surface area contributed by atoms with Crippen LogP contribution >= 0.6 is 0 Å². The number of halogens is 1. The van der Waals surface area contributed by atoms with Gasteiger partial charge in [0.1, 0.15) is 23.0 Å². The smallest absolute Gasteiger partial charge is 0.271 e. The normalized spacial score (nSPS) is 11.0. The second-order valence-electron chi connectivity index (χ2n) is 6.29. The lowest BCUT2D eigenvalue weighted by molar-refractivity contribution is 0.100. The Kier molecular flexibility index (Phi) is 5.03. The van der Waals surface area contributed by atoms with Crippen molar-refractivity contribution in [2.24, 2.45) is 0 Å². The molecule has 28 heavy (non-hydrogen) atoms. The Balaban J connectivity index is 2.26. The molecule has 0 fully saturated rings. The lowest BCUT2D eigenvalue weighted by Crippen LogP contribution is -2.28. The van der Waals surface area contributed by atoms with E-state index in [0.717, 1.165) is 4.57 Å². The number of hydrogen-bond acceptors (Lipinski definition) is 6. The number of fused-ring (bicyclic) bond motifs is 1. The van der Waals surface area contributed by atoms with E-state index in [9.17, 15) is 24.3 Å². The predicted molar refractivity (Wildman–Crippen MR) is 98.0 cm³/mol. The average molecular weight is 384 g/mol. The Morgan fingerprint density at radius 2 is 2.07 bits per heavy atom. The summed E-state index contributed by atoms with van der Waals surface area (Å²) in [6.07, 6.45) is 0. The molecule has 0 saturated carbocycles. The molecule has 1 aromatic carbocycles. The van der Waals surface area contributed by atoms with Crippen molar-refractivity contribution in [1.82, 2.24) is 4.57 Å². The molecular weight excluding hydrogens is 367 g/mol. The van der Waals surface area contributed by atoms with Crippen molar-refractivity contribution < 1.29 is 23.4 Å². The largest absolute Gasteiger partial charge is 0.494 e. The quantitative estimate of drug-likeness (QED) is 0.678. The summed E-state index contributed by atoms with van der Waals surface area (Å²) in [5, 5.41) is 20.4. The highest BCUT2D eigenvalue weighted by atomic mass is 19.1. The third-order valence-electron chi connectivity index (χ3n) is 4.65. The van der Waals surface area contributed by atoms with Crippen LogP contribution in [0.3, 0.4) is 0 Å². The average Bonchev–Trinajstić information content (AvgIpc) is 2.98. The maximum Gasteiger partial charge on any atom is 0.271 e. The topological polar surface area (TPSA) is 105 Å². The van der Waals surface area contributed by atoms with Crippen LogP contribution in [0, 0.1) is 31.0 Å². The van der Waals surface area contributed by atoms with Crippen molar-refractivity contribution in [1.29, 1.82) is 5.26 Å². The maximum absolute atomic E-state index is 13.5. The highest BCUT2D eigenvalue weighted by Gasteiger charge is 2.28. The second-order valence-corrected chi connectivity index (χ2v) is 6.29. The number of hydrogen-bond donors (Lipinski definition) is 1. The molecular formula is C20H17FN2O5. The fourth-order valence-electron chi connectivity index (χ4n) is 3.14. The van der Waals surface area contributed by atoms with E-state index >= 15 is 0 Å². The summed E-state index contributed by atoms with van der Waals surface area (Å²) in [6.45, 7) is 3.06.